The fraction of sp³-hybridized carbons (Fsp3) is 0.395. The molecule has 0 saturated heterocycles. The van der Waals surface area contributed by atoms with E-state index in [1.165, 1.54) is 0 Å². The van der Waals surface area contributed by atoms with Crippen LogP contribution < -0.4 is 5.56 Å². The molecule has 6 rings (SSSR count). The second kappa shape index (κ2) is 15.4. The molecule has 2 aromatic heterocycles. The van der Waals surface area contributed by atoms with Gasteiger partial charge in [-0.15, -0.1) is 5.10 Å². The number of nitrogens with one attached hydrogen (secondary N) is 1. The number of carbonyl (C=O) groups excluding carboxylic acids is 1. The van der Waals surface area contributed by atoms with Crippen molar-refractivity contribution in [2.75, 3.05) is 13.2 Å². The zero-order valence-electron chi connectivity index (χ0n) is 28.0. The highest BCUT2D eigenvalue weighted by molar-refractivity contribution is 5.91. The number of hydrogen-bond acceptors (Lipinski definition) is 7. The molecule has 48 heavy (non-hydrogen) atoms. The van der Waals surface area contributed by atoms with Gasteiger partial charge in [-0.25, -0.2) is 14.6 Å². The van der Waals surface area contributed by atoms with E-state index in [1.807, 2.05) is 60.3 Å². The number of unbranched alkanes of at least 4 members (excludes halogenated alkanes) is 2. The minimum absolute atomic E-state index is 0.0249. The van der Waals surface area contributed by atoms with Gasteiger partial charge in [-0.05, 0) is 71.9 Å². The summed E-state index contributed by atoms with van der Waals surface area (Å²) in [4.78, 5) is 26.8. The van der Waals surface area contributed by atoms with Gasteiger partial charge in [0, 0.05) is 29.8 Å². The maximum atomic E-state index is 14.0. The molecule has 1 aliphatic heterocycles. The third-order valence-corrected chi connectivity index (χ3v) is 9.28. The Bertz CT molecular complexity index is 1860. The van der Waals surface area contributed by atoms with E-state index in [1.54, 1.807) is 0 Å². The first-order valence-electron chi connectivity index (χ1n) is 17.1. The Morgan fingerprint density at radius 3 is 2.50 bits per heavy atom. The summed E-state index contributed by atoms with van der Waals surface area (Å²) in [5.41, 5.74) is 6.24. The summed E-state index contributed by atoms with van der Waals surface area (Å²) in [5.74, 6) is 0.285. The number of ether oxygens (including phenoxy) is 2. The van der Waals surface area contributed by atoms with Crippen molar-refractivity contribution in [1.29, 1.82) is 0 Å². The van der Waals surface area contributed by atoms with E-state index in [0.717, 1.165) is 71.9 Å². The van der Waals surface area contributed by atoms with Crippen LogP contribution in [0.25, 0.3) is 22.5 Å². The van der Waals surface area contributed by atoms with Crippen molar-refractivity contribution in [3.63, 3.8) is 0 Å². The smallest absolute Gasteiger partial charge is 0.338 e. The Hall–Kier alpha value is -4.83. The molecule has 0 radical (unpaired) electrons. The molecule has 3 aromatic carbocycles. The van der Waals surface area contributed by atoms with E-state index in [0.29, 0.717) is 31.0 Å². The van der Waals surface area contributed by atoms with Gasteiger partial charge in [-0.3, -0.25) is 9.48 Å². The Balaban J connectivity index is 1.21. The number of nitrogens with zero attached hydrogens (tertiary/aromatic N) is 5. The highest BCUT2D eigenvalue weighted by atomic mass is 16.5. The summed E-state index contributed by atoms with van der Waals surface area (Å²) >= 11 is 0. The summed E-state index contributed by atoms with van der Waals surface area (Å²) in [6.45, 7) is 6.86. The van der Waals surface area contributed by atoms with Gasteiger partial charge in [0.15, 0.2) is 5.82 Å². The van der Waals surface area contributed by atoms with Crippen LogP contribution >= 0.6 is 0 Å². The third kappa shape index (κ3) is 7.18. The number of esters is 1. The van der Waals surface area contributed by atoms with Gasteiger partial charge in [0.1, 0.15) is 0 Å². The molecule has 10 heteroatoms. The zero-order chi connectivity index (χ0) is 33.5. The van der Waals surface area contributed by atoms with Crippen molar-refractivity contribution in [3.8, 4) is 22.5 Å². The Kier molecular flexibility index (Phi) is 10.6. The van der Waals surface area contributed by atoms with Crippen molar-refractivity contribution in [2.24, 2.45) is 0 Å². The summed E-state index contributed by atoms with van der Waals surface area (Å²) in [7, 11) is 0. The van der Waals surface area contributed by atoms with E-state index in [4.69, 9.17) is 9.47 Å². The van der Waals surface area contributed by atoms with Crippen molar-refractivity contribution in [3.05, 3.63) is 112 Å². The average molecular weight is 649 g/mol. The second-order valence-electron chi connectivity index (χ2n) is 12.6. The molecule has 1 aliphatic rings. The lowest BCUT2D eigenvalue weighted by molar-refractivity contribution is 0.00745. The van der Waals surface area contributed by atoms with Gasteiger partial charge in [0.05, 0.1) is 30.9 Å². The predicted octanol–water partition coefficient (Wildman–Crippen LogP) is 7.50. The number of H-pyrrole nitrogens is 1. The lowest BCUT2D eigenvalue weighted by atomic mass is 9.97. The molecule has 3 unspecified atom stereocenters. The van der Waals surface area contributed by atoms with Crippen molar-refractivity contribution < 1.29 is 14.3 Å². The molecule has 5 aromatic rings. The molecular formula is C38H44N6O4. The van der Waals surface area contributed by atoms with Gasteiger partial charge >= 0.3 is 5.97 Å². The van der Waals surface area contributed by atoms with E-state index in [9.17, 15) is 9.59 Å². The molecule has 0 fully saturated rings. The van der Waals surface area contributed by atoms with E-state index in [-0.39, 0.29) is 29.7 Å². The quantitative estimate of drug-likeness (QED) is 0.0979. The van der Waals surface area contributed by atoms with Crippen LogP contribution in [0, 0.1) is 0 Å². The highest BCUT2D eigenvalue weighted by Gasteiger charge is 2.29. The van der Waals surface area contributed by atoms with Crippen molar-refractivity contribution in [2.45, 2.75) is 83.9 Å². The number of aromatic amines is 1. The van der Waals surface area contributed by atoms with Crippen LogP contribution in [-0.2, 0) is 15.9 Å². The SMILES string of the molecule is CCCCCC(OCC1CCC(C)n2cc(Cc3ccc(-c4ccccc4-c4nnn[nH]4)cc3)c(=O)n21)c1ccccc1C(=O)OCC. The molecule has 0 bridgehead atoms. The minimum Gasteiger partial charge on any atom is -0.462 e. The molecule has 0 aliphatic carbocycles. The summed E-state index contributed by atoms with van der Waals surface area (Å²) in [5, 5.41) is 14.4. The van der Waals surface area contributed by atoms with Gasteiger partial charge < -0.3 is 9.47 Å². The van der Waals surface area contributed by atoms with Crippen LogP contribution in [0.4, 0.5) is 0 Å². The Labute approximate surface area is 281 Å². The molecule has 10 nitrogen and oxygen atoms in total. The van der Waals surface area contributed by atoms with Crippen LogP contribution in [0.5, 0.6) is 0 Å². The Morgan fingerprint density at radius 1 is 0.979 bits per heavy atom. The number of tetrazole rings is 1. The number of aromatic nitrogens is 6. The topological polar surface area (TPSA) is 117 Å². The number of benzene rings is 3. The first-order chi connectivity index (χ1) is 23.5. The van der Waals surface area contributed by atoms with Gasteiger partial charge in [0.2, 0.25) is 0 Å². The lowest BCUT2D eigenvalue weighted by Crippen LogP contribution is -2.36. The van der Waals surface area contributed by atoms with Crippen LogP contribution in [0.2, 0.25) is 0 Å². The summed E-state index contributed by atoms with van der Waals surface area (Å²) in [6, 6.07) is 24.0. The van der Waals surface area contributed by atoms with E-state index in [2.05, 4.69) is 69.5 Å². The summed E-state index contributed by atoms with van der Waals surface area (Å²) in [6.07, 6.45) is 8.05. The van der Waals surface area contributed by atoms with Gasteiger partial charge in [-0.2, -0.15) is 0 Å². The first kappa shape index (κ1) is 33.1. The van der Waals surface area contributed by atoms with Gasteiger partial charge in [-0.1, -0.05) is 92.9 Å². The van der Waals surface area contributed by atoms with Crippen LogP contribution in [0.1, 0.15) is 105 Å². The predicted molar refractivity (Wildman–Crippen MR) is 185 cm³/mol. The first-order valence-corrected chi connectivity index (χ1v) is 17.1. The molecule has 250 valence electrons. The fourth-order valence-electron chi connectivity index (χ4n) is 6.73. The molecule has 0 amide bonds. The van der Waals surface area contributed by atoms with E-state index < -0.39 is 0 Å². The van der Waals surface area contributed by atoms with Crippen LogP contribution in [0.15, 0.2) is 83.8 Å². The highest BCUT2D eigenvalue weighted by Crippen LogP contribution is 2.33. The molecular weight excluding hydrogens is 604 g/mol. The van der Waals surface area contributed by atoms with Crippen LogP contribution in [0.3, 0.4) is 0 Å². The standard InChI is InChI=1S/C38H44N6O4/c1-4-6-7-16-35(32-13-9-11-15-34(32)38(46)47-5-2)48-25-30-22-17-26(3)43-24-29(37(45)44(30)43)23-27-18-20-28(21-19-27)31-12-8-10-14-33(31)36-39-41-42-40-36/h8-15,18-21,24,26,30,35H,4-7,16-17,22-23,25H2,1-3H3,(H,39,40,41,42). The fourth-order valence-corrected chi connectivity index (χ4v) is 6.73. The number of carbonyl (C=O) groups is 1. The maximum Gasteiger partial charge on any atom is 0.338 e. The van der Waals surface area contributed by atoms with Crippen LogP contribution in [-0.4, -0.2) is 49.2 Å². The van der Waals surface area contributed by atoms with E-state index >= 15 is 0 Å². The van der Waals surface area contributed by atoms with Gasteiger partial charge in [0.25, 0.3) is 5.56 Å². The lowest BCUT2D eigenvalue weighted by Gasteiger charge is -2.32. The molecule has 0 saturated carbocycles. The monoisotopic (exact) mass is 648 g/mol. The van der Waals surface area contributed by atoms with Crippen molar-refractivity contribution >= 4 is 5.97 Å². The molecule has 3 atom stereocenters. The second-order valence-corrected chi connectivity index (χ2v) is 12.6. The maximum absolute atomic E-state index is 14.0. The normalized spacial score (nSPS) is 16.4. The third-order valence-electron chi connectivity index (χ3n) is 9.28. The molecule has 1 N–H and O–H groups in total. The largest absolute Gasteiger partial charge is 0.462 e. The number of hydrogen-bond donors (Lipinski definition) is 1. The molecule has 0 spiro atoms. The van der Waals surface area contributed by atoms with Crippen molar-refractivity contribution in [1.82, 2.24) is 30.0 Å². The summed E-state index contributed by atoms with van der Waals surface area (Å²) < 4.78 is 16.0. The Morgan fingerprint density at radius 2 is 1.75 bits per heavy atom. The minimum atomic E-state index is -0.331. The average Bonchev–Trinajstić information content (AvgIpc) is 3.77. The number of rotatable bonds is 14. The zero-order valence-corrected chi connectivity index (χ0v) is 28.0. The number of fused-ring (bicyclic) bond motifs is 1. The molecule has 3 heterocycles.